The number of aromatic nitrogens is 1. The Hall–Kier alpha value is -3.79. The van der Waals surface area contributed by atoms with Gasteiger partial charge in [-0.25, -0.2) is 4.39 Å². The molecule has 0 spiro atoms. The number of carbonyl (C=O) groups is 1. The second kappa shape index (κ2) is 14.1. The highest BCUT2D eigenvalue weighted by atomic mass is 32.2. The average molecular weight is 615 g/mol. The lowest BCUT2D eigenvalue weighted by atomic mass is 9.94. The van der Waals surface area contributed by atoms with Gasteiger partial charge in [-0.1, -0.05) is 44.2 Å². The van der Waals surface area contributed by atoms with Crippen LogP contribution in [0.4, 0.5) is 17.6 Å². The summed E-state index contributed by atoms with van der Waals surface area (Å²) in [7, 11) is -1.52. The Labute approximate surface area is 250 Å². The Balaban J connectivity index is 1.39. The summed E-state index contributed by atoms with van der Waals surface area (Å²) >= 11 is 0. The number of nitrogens with one attached hydrogen (secondary N) is 1. The van der Waals surface area contributed by atoms with Crippen LogP contribution >= 0.6 is 0 Å². The van der Waals surface area contributed by atoms with E-state index in [1.54, 1.807) is 18.2 Å². The number of hydrogen-bond donors (Lipinski definition) is 1. The van der Waals surface area contributed by atoms with Crippen LogP contribution in [0.1, 0.15) is 50.8 Å². The zero-order chi connectivity index (χ0) is 31.1. The molecule has 0 saturated heterocycles. The molecule has 0 aliphatic heterocycles. The molecule has 0 radical (unpaired) electrons. The van der Waals surface area contributed by atoms with Gasteiger partial charge in [0.1, 0.15) is 11.4 Å². The molecule has 4 unspecified atom stereocenters. The molecule has 1 aliphatic rings. The summed E-state index contributed by atoms with van der Waals surface area (Å²) in [6.07, 6.45) is 7.75. The van der Waals surface area contributed by atoms with Crippen LogP contribution < -0.4 is 5.32 Å². The fourth-order valence-electron chi connectivity index (χ4n) is 4.93. The fourth-order valence-corrected chi connectivity index (χ4v) is 6.33. The highest BCUT2D eigenvalue weighted by Gasteiger charge is 2.31. The number of fused-ring (bicyclic) bond motifs is 1. The zero-order valence-electron chi connectivity index (χ0n) is 24.0. The number of amides is 1. The maximum Gasteiger partial charge on any atom is 0.417 e. The van der Waals surface area contributed by atoms with Gasteiger partial charge in [0.2, 0.25) is 5.91 Å². The number of benzene rings is 1. The quantitative estimate of drug-likeness (QED) is 0.165. The summed E-state index contributed by atoms with van der Waals surface area (Å²) < 4.78 is 71.6. The van der Waals surface area contributed by atoms with Gasteiger partial charge in [0, 0.05) is 40.9 Å². The number of pyridine rings is 1. The molecular formula is C33H34F4N2O3S. The Morgan fingerprint density at radius 3 is 2.67 bits per heavy atom. The monoisotopic (exact) mass is 614 g/mol. The van der Waals surface area contributed by atoms with E-state index in [-0.39, 0.29) is 34.6 Å². The molecule has 4 rings (SSSR count). The Morgan fingerprint density at radius 2 is 2.00 bits per heavy atom. The van der Waals surface area contributed by atoms with E-state index in [9.17, 15) is 26.6 Å². The van der Waals surface area contributed by atoms with Gasteiger partial charge in [-0.05, 0) is 67.5 Å². The van der Waals surface area contributed by atoms with Crippen molar-refractivity contribution in [2.75, 3.05) is 6.54 Å². The van der Waals surface area contributed by atoms with Crippen molar-refractivity contribution in [1.29, 1.82) is 0 Å². The first-order chi connectivity index (χ1) is 20.5. The van der Waals surface area contributed by atoms with Crippen LogP contribution in [0.15, 0.2) is 94.6 Å². The Bertz CT molecular complexity index is 1570. The lowest BCUT2D eigenvalue weighted by molar-refractivity contribution is -0.137. The number of allylic oxidation sites excluding steroid dienone is 6. The molecule has 3 aromatic rings. The molecule has 10 heteroatoms. The topological polar surface area (TPSA) is 72.2 Å². The van der Waals surface area contributed by atoms with Crippen LogP contribution in [0.5, 0.6) is 0 Å². The number of halogens is 4. The van der Waals surface area contributed by atoms with E-state index in [1.165, 1.54) is 24.3 Å². The summed E-state index contributed by atoms with van der Waals surface area (Å²) in [5, 5.41) is 3.46. The number of alkyl halides is 3. The van der Waals surface area contributed by atoms with Gasteiger partial charge < -0.3 is 9.73 Å². The van der Waals surface area contributed by atoms with Crippen molar-refractivity contribution in [3.05, 3.63) is 102 Å². The van der Waals surface area contributed by atoms with E-state index in [2.05, 4.69) is 16.9 Å². The Morgan fingerprint density at radius 1 is 1.21 bits per heavy atom. The zero-order valence-corrected chi connectivity index (χ0v) is 24.8. The van der Waals surface area contributed by atoms with Crippen LogP contribution in [0.2, 0.25) is 0 Å². The average Bonchev–Trinajstić information content (AvgIpc) is 3.29. The molecule has 0 fully saturated rings. The van der Waals surface area contributed by atoms with Crippen LogP contribution in [0, 0.1) is 17.7 Å². The second-order valence-electron chi connectivity index (χ2n) is 10.6. The summed E-state index contributed by atoms with van der Waals surface area (Å²) in [6.45, 7) is 7.87. The van der Waals surface area contributed by atoms with Crippen molar-refractivity contribution in [2.45, 2.75) is 56.0 Å². The third-order valence-electron chi connectivity index (χ3n) is 7.49. The van der Waals surface area contributed by atoms with E-state index >= 15 is 0 Å². The number of nitrogens with zero attached hydrogens (tertiary/aromatic N) is 1. The molecule has 5 nitrogen and oxygen atoms in total. The van der Waals surface area contributed by atoms with Crippen molar-refractivity contribution >= 4 is 33.2 Å². The Kier molecular flexibility index (Phi) is 10.6. The van der Waals surface area contributed by atoms with Gasteiger partial charge in [0.25, 0.3) is 0 Å². The smallest absolute Gasteiger partial charge is 0.417 e. The van der Waals surface area contributed by atoms with Crippen LogP contribution in [0.25, 0.3) is 16.5 Å². The number of carbonyl (C=O) groups excluding carboxylic acids is 1. The predicted octanol–water partition coefficient (Wildman–Crippen LogP) is 8.18. The fraction of sp³-hybridized carbons (Fsp3) is 0.333. The molecule has 1 amide bonds. The molecule has 2 aromatic heterocycles. The molecule has 1 N–H and O–H groups in total. The molecule has 1 aliphatic carbocycles. The van der Waals surface area contributed by atoms with Gasteiger partial charge >= 0.3 is 6.18 Å². The minimum Gasteiger partial charge on any atom is -0.447 e. The standard InChI is InChI=1S/C33H34F4N2O3S/c1-4-7-28(43(41)31-18-24-17-27(34)12-15-30(24)42-31)13-10-21(3)32(40)39-19-25-16-23(9-6-8-22(25)5-2)29-14-11-26(20-38-29)33(35,36)37/h4,6,8-9,11-12,14-18,20-22,28H,1,5,7,10,13,19H2,2-3H3,(H,39,40). The molecular weight excluding hydrogens is 580 g/mol. The van der Waals surface area contributed by atoms with Gasteiger partial charge in [-0.2, -0.15) is 13.2 Å². The SMILES string of the molecule is C=CCC(CCC(C)C(=O)NCC1=CC(c2ccc(C(F)(F)F)cn2)=CC=CC1CC)S(=O)c1cc2cc(F)ccc2o1. The number of rotatable bonds is 12. The molecule has 228 valence electrons. The largest absolute Gasteiger partial charge is 0.447 e. The number of furan rings is 1. The van der Waals surface area contributed by atoms with Crippen molar-refractivity contribution in [3.8, 4) is 0 Å². The predicted molar refractivity (Wildman–Crippen MR) is 161 cm³/mol. The summed E-state index contributed by atoms with van der Waals surface area (Å²) in [6, 6.07) is 8.05. The maximum absolute atomic E-state index is 13.6. The lowest BCUT2D eigenvalue weighted by Gasteiger charge is -2.19. The van der Waals surface area contributed by atoms with E-state index in [1.807, 2.05) is 32.1 Å². The van der Waals surface area contributed by atoms with Crippen LogP contribution in [-0.4, -0.2) is 26.9 Å². The normalized spacial score (nSPS) is 17.5. The third kappa shape index (κ3) is 8.19. The van der Waals surface area contributed by atoms with E-state index in [0.717, 1.165) is 24.3 Å². The van der Waals surface area contributed by atoms with Crippen LogP contribution in [-0.2, 0) is 21.8 Å². The van der Waals surface area contributed by atoms with Gasteiger partial charge in [-0.15, -0.1) is 6.58 Å². The minimum absolute atomic E-state index is 0.0375. The van der Waals surface area contributed by atoms with Gasteiger partial charge in [0.15, 0.2) is 5.09 Å². The first-order valence-electron chi connectivity index (χ1n) is 14.1. The van der Waals surface area contributed by atoms with Crippen molar-refractivity contribution < 1.29 is 31.0 Å². The first-order valence-corrected chi connectivity index (χ1v) is 15.3. The van der Waals surface area contributed by atoms with Crippen molar-refractivity contribution in [2.24, 2.45) is 11.8 Å². The molecule has 43 heavy (non-hydrogen) atoms. The second-order valence-corrected chi connectivity index (χ2v) is 12.2. The highest BCUT2D eigenvalue weighted by molar-refractivity contribution is 7.85. The molecule has 2 heterocycles. The van der Waals surface area contributed by atoms with Crippen LogP contribution in [0.3, 0.4) is 0 Å². The molecule has 4 atom stereocenters. The minimum atomic E-state index is -4.46. The first kappa shape index (κ1) is 32.1. The molecule has 0 saturated carbocycles. The van der Waals surface area contributed by atoms with E-state index in [0.29, 0.717) is 41.5 Å². The molecule has 0 bridgehead atoms. The summed E-state index contributed by atoms with van der Waals surface area (Å²) in [5.41, 5.74) is 1.61. The molecule has 1 aromatic carbocycles. The van der Waals surface area contributed by atoms with Crippen molar-refractivity contribution in [1.82, 2.24) is 10.3 Å². The van der Waals surface area contributed by atoms with E-state index in [4.69, 9.17) is 4.42 Å². The summed E-state index contributed by atoms with van der Waals surface area (Å²) in [4.78, 5) is 17.1. The maximum atomic E-state index is 13.6. The van der Waals surface area contributed by atoms with E-state index < -0.39 is 28.4 Å². The van der Waals surface area contributed by atoms with Gasteiger partial charge in [0.05, 0.1) is 22.1 Å². The third-order valence-corrected chi connectivity index (χ3v) is 9.12. The van der Waals surface area contributed by atoms with Gasteiger partial charge in [-0.3, -0.25) is 14.0 Å². The van der Waals surface area contributed by atoms with Crippen molar-refractivity contribution in [3.63, 3.8) is 0 Å². The highest BCUT2D eigenvalue weighted by Crippen LogP contribution is 2.31. The lowest BCUT2D eigenvalue weighted by Crippen LogP contribution is -2.32. The number of hydrogen-bond acceptors (Lipinski definition) is 4. The summed E-state index contributed by atoms with van der Waals surface area (Å²) in [5.74, 6) is -0.903.